The zero-order valence-corrected chi connectivity index (χ0v) is 10.6. The van der Waals surface area contributed by atoms with E-state index in [2.05, 4.69) is 4.98 Å². The summed E-state index contributed by atoms with van der Waals surface area (Å²) >= 11 is 0. The molecule has 1 N–H and O–H groups in total. The number of pyridine rings is 1. The zero-order chi connectivity index (χ0) is 13.0. The van der Waals surface area contributed by atoms with Gasteiger partial charge in [0.2, 0.25) is 0 Å². The maximum atomic E-state index is 11.2. The van der Waals surface area contributed by atoms with E-state index in [0.717, 1.165) is 0 Å². The lowest BCUT2D eigenvalue weighted by molar-refractivity contribution is 0.0696. The summed E-state index contributed by atoms with van der Waals surface area (Å²) in [5, 5.41) is 9.21. The number of aromatic carboxylic acids is 1. The van der Waals surface area contributed by atoms with Crippen molar-refractivity contribution in [3.05, 3.63) is 23.4 Å². The Labute approximate surface area is 101 Å². The fourth-order valence-corrected chi connectivity index (χ4v) is 1.64. The molecule has 0 amide bonds. The van der Waals surface area contributed by atoms with Crippen molar-refractivity contribution in [3.63, 3.8) is 0 Å². The molecule has 17 heavy (non-hydrogen) atoms. The summed E-state index contributed by atoms with van der Waals surface area (Å²) in [6.45, 7) is 4.24. The van der Waals surface area contributed by atoms with Gasteiger partial charge in [-0.3, -0.25) is 0 Å². The Bertz CT molecular complexity index is 407. The SMILES string of the molecule is COCC(C)N(C)c1nccc(C)c1C(=O)O. The van der Waals surface area contributed by atoms with Crippen molar-refractivity contribution >= 4 is 11.8 Å². The van der Waals surface area contributed by atoms with Crippen molar-refractivity contribution in [3.8, 4) is 0 Å². The van der Waals surface area contributed by atoms with Crippen LogP contribution in [0, 0.1) is 6.92 Å². The lowest BCUT2D eigenvalue weighted by atomic mass is 10.1. The molecule has 1 atom stereocenters. The second kappa shape index (κ2) is 5.63. The average Bonchev–Trinajstić information content (AvgIpc) is 2.27. The van der Waals surface area contributed by atoms with E-state index in [0.29, 0.717) is 18.0 Å². The number of carbonyl (C=O) groups is 1. The molecule has 0 radical (unpaired) electrons. The standard InChI is InChI=1S/C12H18N2O3/c1-8-5-6-13-11(10(8)12(15)16)14(3)9(2)7-17-4/h5-6,9H,7H2,1-4H3,(H,15,16). The van der Waals surface area contributed by atoms with Crippen LogP contribution in [0.3, 0.4) is 0 Å². The van der Waals surface area contributed by atoms with Gasteiger partial charge in [0, 0.05) is 20.4 Å². The Hall–Kier alpha value is -1.62. The minimum Gasteiger partial charge on any atom is -0.478 e. The van der Waals surface area contributed by atoms with Gasteiger partial charge in [0.25, 0.3) is 0 Å². The van der Waals surface area contributed by atoms with Gasteiger partial charge in [0.1, 0.15) is 11.4 Å². The molecule has 1 unspecified atom stereocenters. The first kappa shape index (κ1) is 13.4. The molecular formula is C12H18N2O3. The largest absolute Gasteiger partial charge is 0.478 e. The Kier molecular flexibility index (Phi) is 4.45. The Morgan fingerprint density at radius 2 is 2.29 bits per heavy atom. The van der Waals surface area contributed by atoms with Crippen molar-refractivity contribution in [2.75, 3.05) is 25.7 Å². The molecule has 94 valence electrons. The van der Waals surface area contributed by atoms with Gasteiger partial charge in [-0.05, 0) is 25.5 Å². The summed E-state index contributed by atoms with van der Waals surface area (Å²) in [7, 11) is 3.43. The predicted octanol–water partition coefficient (Wildman–Crippen LogP) is 1.56. The highest BCUT2D eigenvalue weighted by molar-refractivity contribution is 5.94. The number of rotatable bonds is 5. The van der Waals surface area contributed by atoms with E-state index in [-0.39, 0.29) is 11.6 Å². The molecule has 0 spiro atoms. The molecule has 5 nitrogen and oxygen atoms in total. The van der Waals surface area contributed by atoms with Crippen molar-refractivity contribution in [2.24, 2.45) is 0 Å². The van der Waals surface area contributed by atoms with Crippen molar-refractivity contribution in [2.45, 2.75) is 19.9 Å². The summed E-state index contributed by atoms with van der Waals surface area (Å²) < 4.78 is 5.06. The monoisotopic (exact) mass is 238 g/mol. The van der Waals surface area contributed by atoms with Crippen LogP contribution in [0.5, 0.6) is 0 Å². The van der Waals surface area contributed by atoms with E-state index in [4.69, 9.17) is 4.74 Å². The van der Waals surface area contributed by atoms with Crippen LogP contribution in [0.25, 0.3) is 0 Å². The van der Waals surface area contributed by atoms with E-state index >= 15 is 0 Å². The lowest BCUT2D eigenvalue weighted by Crippen LogP contribution is -2.34. The van der Waals surface area contributed by atoms with Gasteiger partial charge in [0.05, 0.1) is 12.6 Å². The number of anilines is 1. The molecule has 5 heteroatoms. The number of nitrogens with zero attached hydrogens (tertiary/aromatic N) is 2. The van der Waals surface area contributed by atoms with E-state index in [1.54, 1.807) is 26.3 Å². The molecule has 0 bridgehead atoms. The highest BCUT2D eigenvalue weighted by Crippen LogP contribution is 2.21. The first-order chi connectivity index (χ1) is 7.99. The second-order valence-corrected chi connectivity index (χ2v) is 4.05. The second-order valence-electron chi connectivity index (χ2n) is 4.05. The van der Waals surface area contributed by atoms with E-state index in [1.807, 2.05) is 18.9 Å². The number of hydrogen-bond acceptors (Lipinski definition) is 4. The molecular weight excluding hydrogens is 220 g/mol. The summed E-state index contributed by atoms with van der Waals surface area (Å²) in [6, 6.07) is 1.76. The number of carboxylic acid groups (broad SMARTS) is 1. The van der Waals surface area contributed by atoms with Crippen molar-refractivity contribution in [1.29, 1.82) is 0 Å². The summed E-state index contributed by atoms with van der Waals surface area (Å²) in [4.78, 5) is 17.2. The molecule has 1 aromatic rings. The van der Waals surface area contributed by atoms with Crippen LogP contribution in [0.1, 0.15) is 22.8 Å². The Morgan fingerprint density at radius 3 is 2.82 bits per heavy atom. The van der Waals surface area contributed by atoms with Crippen LogP contribution in [-0.2, 0) is 4.74 Å². The summed E-state index contributed by atoms with van der Waals surface area (Å²) in [5.41, 5.74) is 0.955. The van der Waals surface area contributed by atoms with Gasteiger partial charge < -0.3 is 14.7 Å². The smallest absolute Gasteiger partial charge is 0.339 e. The van der Waals surface area contributed by atoms with Crippen molar-refractivity contribution in [1.82, 2.24) is 4.98 Å². The first-order valence-electron chi connectivity index (χ1n) is 5.39. The van der Waals surface area contributed by atoms with Gasteiger partial charge in [-0.15, -0.1) is 0 Å². The number of aryl methyl sites for hydroxylation is 1. The minimum absolute atomic E-state index is 0.0624. The number of hydrogen-bond donors (Lipinski definition) is 1. The fraction of sp³-hybridized carbons (Fsp3) is 0.500. The number of aromatic nitrogens is 1. The molecule has 0 saturated heterocycles. The molecule has 0 aliphatic rings. The van der Waals surface area contributed by atoms with Crippen LogP contribution in [0.4, 0.5) is 5.82 Å². The summed E-state index contributed by atoms with van der Waals surface area (Å²) in [6.07, 6.45) is 1.62. The maximum absolute atomic E-state index is 11.2. The zero-order valence-electron chi connectivity index (χ0n) is 10.6. The van der Waals surface area contributed by atoms with Crippen molar-refractivity contribution < 1.29 is 14.6 Å². The fourth-order valence-electron chi connectivity index (χ4n) is 1.64. The average molecular weight is 238 g/mol. The molecule has 0 aliphatic heterocycles. The Morgan fingerprint density at radius 1 is 1.65 bits per heavy atom. The topological polar surface area (TPSA) is 62.7 Å². The summed E-state index contributed by atoms with van der Waals surface area (Å²) in [5.74, 6) is -0.482. The number of methoxy groups -OCH3 is 1. The van der Waals surface area contributed by atoms with Crippen LogP contribution >= 0.6 is 0 Å². The lowest BCUT2D eigenvalue weighted by Gasteiger charge is -2.26. The van der Waals surface area contributed by atoms with Crippen LogP contribution < -0.4 is 4.90 Å². The normalized spacial score (nSPS) is 12.2. The molecule has 1 heterocycles. The number of carboxylic acids is 1. The highest BCUT2D eigenvalue weighted by atomic mass is 16.5. The van der Waals surface area contributed by atoms with Gasteiger partial charge in [-0.1, -0.05) is 0 Å². The van der Waals surface area contributed by atoms with Gasteiger partial charge >= 0.3 is 5.97 Å². The first-order valence-corrected chi connectivity index (χ1v) is 5.39. The van der Waals surface area contributed by atoms with Gasteiger partial charge in [-0.25, -0.2) is 9.78 Å². The van der Waals surface area contributed by atoms with Crippen LogP contribution in [-0.4, -0.2) is 42.9 Å². The van der Waals surface area contributed by atoms with Crippen LogP contribution in [0.15, 0.2) is 12.3 Å². The quantitative estimate of drug-likeness (QED) is 0.843. The maximum Gasteiger partial charge on any atom is 0.339 e. The molecule has 0 aromatic carbocycles. The number of likely N-dealkylation sites (N-methyl/N-ethyl adjacent to an activating group) is 1. The van der Waals surface area contributed by atoms with Crippen LogP contribution in [0.2, 0.25) is 0 Å². The molecule has 0 aliphatic carbocycles. The third-order valence-corrected chi connectivity index (χ3v) is 2.76. The van der Waals surface area contributed by atoms with E-state index < -0.39 is 5.97 Å². The Balaban J connectivity index is 3.13. The van der Waals surface area contributed by atoms with Gasteiger partial charge in [-0.2, -0.15) is 0 Å². The van der Waals surface area contributed by atoms with E-state index in [1.165, 1.54) is 0 Å². The third-order valence-electron chi connectivity index (χ3n) is 2.76. The number of ether oxygens (including phenoxy) is 1. The third kappa shape index (κ3) is 2.94. The highest BCUT2D eigenvalue weighted by Gasteiger charge is 2.20. The molecule has 0 fully saturated rings. The van der Waals surface area contributed by atoms with Gasteiger partial charge in [0.15, 0.2) is 0 Å². The molecule has 0 saturated carbocycles. The molecule has 1 rings (SSSR count). The molecule has 1 aromatic heterocycles. The minimum atomic E-state index is -0.956. The predicted molar refractivity (Wildman–Crippen MR) is 65.7 cm³/mol. The van der Waals surface area contributed by atoms with E-state index in [9.17, 15) is 9.90 Å².